The van der Waals surface area contributed by atoms with Gasteiger partial charge >= 0.3 is 5.97 Å². The van der Waals surface area contributed by atoms with Gasteiger partial charge in [0.05, 0.1) is 0 Å². The van der Waals surface area contributed by atoms with Crippen molar-refractivity contribution in [3.05, 3.63) is 71.7 Å². The smallest absolute Gasteiger partial charge is 0.323 e. The number of carbonyl (C=O) groups excluding carboxylic acids is 1. The van der Waals surface area contributed by atoms with Gasteiger partial charge in [0.15, 0.2) is 17.4 Å². The molecule has 1 amide bonds. The minimum Gasteiger partial charge on any atom is -0.486 e. The topological polar surface area (TPSA) is 92.0 Å². The lowest BCUT2D eigenvalue weighted by Gasteiger charge is -2.19. The van der Waals surface area contributed by atoms with Crippen LogP contribution in [0.2, 0.25) is 0 Å². The fourth-order valence-electron chi connectivity index (χ4n) is 3.04. The molecule has 0 bridgehead atoms. The minimum atomic E-state index is -1.12. The Hall–Kier alpha value is -3.37. The van der Waals surface area contributed by atoms with Crippen molar-refractivity contribution in [2.75, 3.05) is 26.7 Å². The van der Waals surface area contributed by atoms with E-state index in [0.717, 1.165) is 12.1 Å². The summed E-state index contributed by atoms with van der Waals surface area (Å²) in [5.41, 5.74) is 1.08. The third kappa shape index (κ3) is 6.33. The third-order valence-corrected chi connectivity index (χ3v) is 5.07. The van der Waals surface area contributed by atoms with Crippen molar-refractivity contribution >= 4 is 24.5 Å². The number of nitrogens with zero attached hydrogens (tertiary/aromatic N) is 1. The Morgan fingerprint density at radius 3 is 2.48 bits per heavy atom. The number of carboxylic acids is 1. The molecule has 0 spiro atoms. The molecule has 10 heteroatoms. The van der Waals surface area contributed by atoms with E-state index < -0.39 is 30.1 Å². The van der Waals surface area contributed by atoms with Gasteiger partial charge in [0, 0.05) is 18.0 Å². The third-order valence-electron chi connectivity index (χ3n) is 4.70. The molecule has 33 heavy (non-hydrogen) atoms. The second-order valence-electron chi connectivity index (χ2n) is 7.09. The Labute approximate surface area is 194 Å². The minimum absolute atomic E-state index is 0.0148. The number of rotatable bonds is 10. The highest BCUT2D eigenvalue weighted by Crippen LogP contribution is 2.30. The fraction of sp³-hybridized carbons (Fsp3) is 0.217. The molecule has 3 rings (SSSR count). The number of amides is 1. The van der Waals surface area contributed by atoms with Crippen molar-refractivity contribution in [3.8, 4) is 16.9 Å². The summed E-state index contributed by atoms with van der Waals surface area (Å²) in [7, 11) is 1.70. The van der Waals surface area contributed by atoms with Crippen molar-refractivity contribution in [2.24, 2.45) is 0 Å². The lowest BCUT2D eigenvalue weighted by molar-refractivity contribution is -0.137. The number of benzene rings is 2. The molecule has 174 valence electrons. The number of nitrogens with one attached hydrogen (secondary N) is 1. The highest BCUT2D eigenvalue weighted by Gasteiger charge is 2.21. The van der Waals surface area contributed by atoms with Crippen LogP contribution in [-0.4, -0.2) is 48.6 Å². The normalized spacial score (nSPS) is 10.8. The summed E-state index contributed by atoms with van der Waals surface area (Å²) in [6.07, 6.45) is 0. The highest BCUT2D eigenvalue weighted by atomic mass is 32.1. The molecule has 7 nitrogen and oxygen atoms in total. The maximum absolute atomic E-state index is 13.6. The van der Waals surface area contributed by atoms with Gasteiger partial charge in [0.1, 0.15) is 24.7 Å². The maximum atomic E-state index is 13.6. The number of hydrogen-bond donors (Lipinski definition) is 3. The van der Waals surface area contributed by atoms with E-state index in [1.807, 2.05) is 0 Å². The number of thiol groups is 1. The van der Waals surface area contributed by atoms with Crippen molar-refractivity contribution in [3.63, 3.8) is 0 Å². The van der Waals surface area contributed by atoms with Gasteiger partial charge in [-0.15, -0.1) is 12.6 Å². The van der Waals surface area contributed by atoms with Crippen LogP contribution in [0.4, 0.5) is 8.78 Å². The predicted molar refractivity (Wildman–Crippen MR) is 120 cm³/mol. The number of halogens is 2. The molecule has 1 aromatic heterocycles. The van der Waals surface area contributed by atoms with Crippen molar-refractivity contribution in [1.29, 1.82) is 0 Å². The van der Waals surface area contributed by atoms with Gasteiger partial charge in [-0.2, -0.15) is 0 Å². The Kier molecular flexibility index (Phi) is 8.07. The van der Waals surface area contributed by atoms with Gasteiger partial charge in [-0.25, -0.2) is 8.78 Å². The largest absolute Gasteiger partial charge is 0.486 e. The van der Waals surface area contributed by atoms with E-state index >= 15 is 0 Å². The van der Waals surface area contributed by atoms with Crippen LogP contribution in [0, 0.1) is 11.6 Å². The van der Waals surface area contributed by atoms with E-state index in [1.54, 1.807) is 37.4 Å². The van der Waals surface area contributed by atoms with E-state index in [1.165, 1.54) is 11.0 Å². The number of ether oxygens (including phenoxy) is 1. The molecule has 1 heterocycles. The molecule has 0 aliphatic rings. The van der Waals surface area contributed by atoms with Crippen LogP contribution in [0.15, 0.2) is 57.8 Å². The molecule has 0 aliphatic heterocycles. The van der Waals surface area contributed by atoms with Crippen LogP contribution in [0.5, 0.6) is 5.75 Å². The number of carbonyl (C=O) groups is 2. The van der Waals surface area contributed by atoms with E-state index in [2.05, 4.69) is 17.9 Å². The molecule has 0 radical (unpaired) electrons. The van der Waals surface area contributed by atoms with Gasteiger partial charge in [-0.3, -0.25) is 9.59 Å². The second-order valence-corrected chi connectivity index (χ2v) is 7.57. The molecule has 0 saturated carbocycles. The SMILES string of the molecule is CNCCN(CC(=O)O)C(=O)c1ccc(COc2ccc(-c3cc(F)c(F)cc3S)cc2)o1. The van der Waals surface area contributed by atoms with E-state index in [9.17, 15) is 18.4 Å². The molecule has 3 aromatic rings. The van der Waals surface area contributed by atoms with Crippen molar-refractivity contribution in [1.82, 2.24) is 10.2 Å². The number of hydrogen-bond acceptors (Lipinski definition) is 6. The van der Waals surface area contributed by atoms with Gasteiger partial charge < -0.3 is 24.5 Å². The van der Waals surface area contributed by atoms with E-state index in [-0.39, 0.29) is 18.9 Å². The van der Waals surface area contributed by atoms with Gasteiger partial charge in [-0.05, 0) is 54.6 Å². The highest BCUT2D eigenvalue weighted by molar-refractivity contribution is 7.80. The summed E-state index contributed by atoms with van der Waals surface area (Å²) in [5, 5.41) is 11.9. The lowest BCUT2D eigenvalue weighted by Crippen LogP contribution is -2.39. The number of likely N-dealkylation sites (N-methyl/N-ethyl adjacent to an activating group) is 1. The first-order valence-electron chi connectivity index (χ1n) is 9.94. The van der Waals surface area contributed by atoms with Crippen molar-refractivity contribution in [2.45, 2.75) is 11.5 Å². The fourth-order valence-corrected chi connectivity index (χ4v) is 3.35. The predicted octanol–water partition coefficient (Wildman–Crippen LogP) is 3.84. The lowest BCUT2D eigenvalue weighted by atomic mass is 10.1. The molecule has 2 N–H and O–H groups in total. The number of carboxylic acid groups (broad SMARTS) is 1. The van der Waals surface area contributed by atoms with E-state index in [4.69, 9.17) is 14.3 Å². The van der Waals surface area contributed by atoms with Gasteiger partial charge in [0.2, 0.25) is 0 Å². The van der Waals surface area contributed by atoms with Crippen LogP contribution >= 0.6 is 12.6 Å². The Morgan fingerprint density at radius 2 is 1.82 bits per heavy atom. The first-order valence-corrected chi connectivity index (χ1v) is 10.4. The monoisotopic (exact) mass is 476 g/mol. The second kappa shape index (κ2) is 11.0. The van der Waals surface area contributed by atoms with Crippen LogP contribution < -0.4 is 10.1 Å². The standard InChI is InChI=1S/C23H22F2N2O5S/c1-26-8-9-27(12-22(28)29)23(30)20-7-6-16(32-20)13-31-15-4-2-14(3-5-15)17-10-18(24)19(25)11-21(17)33/h2-7,10-11,26,33H,8-9,12-13H2,1H3,(H,28,29). The zero-order valence-corrected chi connectivity index (χ0v) is 18.6. The molecule has 0 atom stereocenters. The summed E-state index contributed by atoms with van der Waals surface area (Å²) < 4.78 is 38.1. The molecule has 0 fully saturated rings. The van der Waals surface area contributed by atoms with Gasteiger partial charge in [0.25, 0.3) is 5.91 Å². The van der Waals surface area contributed by atoms with Crippen LogP contribution in [0.1, 0.15) is 16.3 Å². The summed E-state index contributed by atoms with van der Waals surface area (Å²) in [6.45, 7) is 0.244. The van der Waals surface area contributed by atoms with Crippen LogP contribution in [-0.2, 0) is 11.4 Å². The molecule has 0 unspecified atom stereocenters. The van der Waals surface area contributed by atoms with Gasteiger partial charge in [-0.1, -0.05) is 12.1 Å². The average molecular weight is 477 g/mol. The zero-order valence-electron chi connectivity index (χ0n) is 17.7. The summed E-state index contributed by atoms with van der Waals surface area (Å²) in [6, 6.07) is 11.8. The zero-order chi connectivity index (χ0) is 24.0. The van der Waals surface area contributed by atoms with Crippen molar-refractivity contribution < 1.29 is 32.6 Å². The molecular weight excluding hydrogens is 454 g/mol. The summed E-state index contributed by atoms with van der Waals surface area (Å²) in [5.74, 6) is -2.69. The Morgan fingerprint density at radius 1 is 1.12 bits per heavy atom. The average Bonchev–Trinajstić information content (AvgIpc) is 3.26. The molecular formula is C23H22F2N2O5S. The first-order chi connectivity index (χ1) is 15.8. The molecule has 0 saturated heterocycles. The maximum Gasteiger partial charge on any atom is 0.323 e. The van der Waals surface area contributed by atoms with Crippen LogP contribution in [0.25, 0.3) is 11.1 Å². The molecule has 2 aromatic carbocycles. The Balaban J connectivity index is 1.63. The first kappa shape index (κ1) is 24.3. The molecule has 0 aliphatic carbocycles. The number of furan rings is 1. The summed E-state index contributed by atoms with van der Waals surface area (Å²) in [4.78, 5) is 25.1. The van der Waals surface area contributed by atoms with E-state index in [0.29, 0.717) is 34.1 Å². The quantitative estimate of drug-likeness (QED) is 0.385. The summed E-state index contributed by atoms with van der Waals surface area (Å²) >= 11 is 4.19. The van der Waals surface area contributed by atoms with Crippen LogP contribution in [0.3, 0.4) is 0 Å². The Bertz CT molecular complexity index is 1130. The number of aliphatic carboxylic acids is 1.